The molecular weight excluding hydrogens is 344 g/mol. The van der Waals surface area contributed by atoms with Crippen molar-refractivity contribution >= 4 is 17.2 Å². The fraction of sp³-hybridized carbons (Fsp3) is 0.292. The Kier molecular flexibility index (Phi) is 5.31. The molecule has 0 fully saturated rings. The average molecular weight is 373 g/mol. The topological polar surface area (TPSA) is 22.6 Å². The fourth-order valence-corrected chi connectivity index (χ4v) is 3.81. The third-order valence-electron chi connectivity index (χ3n) is 5.22. The van der Waals surface area contributed by atoms with Gasteiger partial charge in [0.15, 0.2) is 5.82 Å². The van der Waals surface area contributed by atoms with Gasteiger partial charge in [0.1, 0.15) is 0 Å². The van der Waals surface area contributed by atoms with Crippen molar-refractivity contribution in [1.82, 2.24) is 9.88 Å². The van der Waals surface area contributed by atoms with Crippen LogP contribution in [0.4, 0.5) is 17.2 Å². The highest BCUT2D eigenvalue weighted by molar-refractivity contribution is 5.81. The van der Waals surface area contributed by atoms with Crippen molar-refractivity contribution in [2.45, 2.75) is 19.8 Å². The minimum atomic E-state index is 0.944. The van der Waals surface area contributed by atoms with E-state index in [2.05, 4.69) is 90.5 Å². The Labute approximate surface area is 168 Å². The number of nitrogens with zero attached hydrogens (tertiary/aromatic N) is 4. The zero-order chi connectivity index (χ0) is 19.5. The molecule has 0 spiro atoms. The van der Waals surface area contributed by atoms with Crippen LogP contribution in [-0.2, 0) is 0 Å². The van der Waals surface area contributed by atoms with E-state index in [1.54, 1.807) is 0 Å². The summed E-state index contributed by atoms with van der Waals surface area (Å²) in [5, 5.41) is 0. The Morgan fingerprint density at radius 2 is 1.89 bits per heavy atom. The minimum absolute atomic E-state index is 0.944. The molecule has 2 heterocycles. The molecule has 1 aromatic carbocycles. The zero-order valence-electron chi connectivity index (χ0n) is 17.0. The molecule has 1 aliphatic heterocycles. The molecule has 2 aromatic rings. The molecule has 0 saturated carbocycles. The van der Waals surface area contributed by atoms with E-state index < -0.39 is 0 Å². The minimum Gasteiger partial charge on any atom is -0.324 e. The van der Waals surface area contributed by atoms with Crippen molar-refractivity contribution < 1.29 is 0 Å². The van der Waals surface area contributed by atoms with Gasteiger partial charge >= 0.3 is 0 Å². The van der Waals surface area contributed by atoms with E-state index in [9.17, 15) is 0 Å². The highest BCUT2D eigenvalue weighted by Gasteiger charge is 2.27. The molecule has 1 aromatic heterocycles. The Morgan fingerprint density at radius 1 is 1.07 bits per heavy atom. The van der Waals surface area contributed by atoms with Crippen molar-refractivity contribution in [1.29, 1.82) is 0 Å². The molecule has 0 amide bonds. The van der Waals surface area contributed by atoms with Gasteiger partial charge in [-0.1, -0.05) is 29.8 Å². The van der Waals surface area contributed by atoms with Crippen LogP contribution in [0.3, 0.4) is 0 Å². The summed E-state index contributed by atoms with van der Waals surface area (Å²) in [7, 11) is 4.26. The standard InChI is InChI=1S/C24H28N4/c1-19-12-13-20-18-28(21-9-5-4-6-10-21)22-11-7-14-25-24(22)27(23(20)17-19)16-8-15-26(2)3/h4-7,9-12,14,17-18H,8,13,15-16H2,1-3H3. The third kappa shape index (κ3) is 3.73. The first kappa shape index (κ1) is 18.5. The van der Waals surface area contributed by atoms with Crippen LogP contribution < -0.4 is 9.80 Å². The second kappa shape index (κ2) is 8.03. The van der Waals surface area contributed by atoms with Crippen LogP contribution in [0.1, 0.15) is 19.8 Å². The van der Waals surface area contributed by atoms with Crippen molar-refractivity contribution in [2.75, 3.05) is 37.0 Å². The number of rotatable bonds is 5. The molecule has 0 saturated heterocycles. The number of fused-ring (bicyclic) bond motifs is 2. The Hall–Kier alpha value is -2.85. The molecule has 0 bridgehead atoms. The normalized spacial score (nSPS) is 16.1. The first-order chi connectivity index (χ1) is 13.6. The molecule has 0 atom stereocenters. The van der Waals surface area contributed by atoms with Crippen molar-refractivity contribution in [3.63, 3.8) is 0 Å². The van der Waals surface area contributed by atoms with Gasteiger partial charge in [-0.05, 0) is 76.3 Å². The lowest BCUT2D eigenvalue weighted by Crippen LogP contribution is -2.28. The summed E-state index contributed by atoms with van der Waals surface area (Å²) in [5.41, 5.74) is 6.20. The summed E-state index contributed by atoms with van der Waals surface area (Å²) in [6.07, 6.45) is 10.8. The number of aromatic nitrogens is 1. The molecule has 2 aliphatic rings. The third-order valence-corrected chi connectivity index (χ3v) is 5.22. The van der Waals surface area contributed by atoms with E-state index in [4.69, 9.17) is 4.98 Å². The van der Waals surface area contributed by atoms with Gasteiger partial charge in [-0.15, -0.1) is 0 Å². The van der Waals surface area contributed by atoms with E-state index in [-0.39, 0.29) is 0 Å². The molecular formula is C24H28N4. The van der Waals surface area contributed by atoms with Crippen molar-refractivity contribution in [3.05, 3.63) is 83.9 Å². The highest BCUT2D eigenvalue weighted by atomic mass is 15.3. The van der Waals surface area contributed by atoms with Crippen LogP contribution in [0.25, 0.3) is 0 Å². The Bertz CT molecular complexity index is 925. The lowest BCUT2D eigenvalue weighted by atomic mass is 9.99. The second-order valence-electron chi connectivity index (χ2n) is 7.70. The van der Waals surface area contributed by atoms with E-state index >= 15 is 0 Å². The molecule has 4 nitrogen and oxygen atoms in total. The predicted octanol–water partition coefficient (Wildman–Crippen LogP) is 5.11. The summed E-state index contributed by atoms with van der Waals surface area (Å²) in [6.45, 7) is 4.18. The molecule has 4 heteroatoms. The van der Waals surface area contributed by atoms with E-state index in [0.29, 0.717) is 0 Å². The van der Waals surface area contributed by atoms with Gasteiger partial charge in [0.05, 0.1) is 5.69 Å². The largest absolute Gasteiger partial charge is 0.324 e. The van der Waals surface area contributed by atoms with Gasteiger partial charge in [-0.25, -0.2) is 4.98 Å². The highest BCUT2D eigenvalue weighted by Crippen LogP contribution is 2.41. The molecule has 28 heavy (non-hydrogen) atoms. The number of benzene rings is 1. The van der Waals surface area contributed by atoms with Crippen LogP contribution in [0.15, 0.2) is 83.9 Å². The Morgan fingerprint density at radius 3 is 2.68 bits per heavy atom. The summed E-state index contributed by atoms with van der Waals surface area (Å²) < 4.78 is 0. The smallest absolute Gasteiger partial charge is 0.157 e. The van der Waals surface area contributed by atoms with Gasteiger partial charge < -0.3 is 14.7 Å². The molecule has 0 N–H and O–H groups in total. The zero-order valence-corrected chi connectivity index (χ0v) is 17.0. The maximum atomic E-state index is 4.83. The number of anilines is 3. The van der Waals surface area contributed by atoms with Crippen molar-refractivity contribution in [2.24, 2.45) is 0 Å². The van der Waals surface area contributed by atoms with Crippen LogP contribution in [0.2, 0.25) is 0 Å². The Balaban J connectivity index is 1.83. The van der Waals surface area contributed by atoms with E-state index in [1.165, 1.54) is 16.8 Å². The molecule has 144 valence electrons. The molecule has 0 unspecified atom stereocenters. The van der Waals surface area contributed by atoms with Crippen LogP contribution in [-0.4, -0.2) is 37.1 Å². The SMILES string of the molecule is CC1=CCC2=CN(c3ccccc3)c3cccnc3N(CCCN(C)C)C2=C1. The van der Waals surface area contributed by atoms with Gasteiger partial charge in [0.2, 0.25) is 0 Å². The number of hydrogen-bond acceptors (Lipinski definition) is 4. The fourth-order valence-electron chi connectivity index (χ4n) is 3.81. The quantitative estimate of drug-likeness (QED) is 0.727. The molecule has 1 aliphatic carbocycles. The van der Waals surface area contributed by atoms with Gasteiger partial charge in [0.25, 0.3) is 0 Å². The first-order valence-corrected chi connectivity index (χ1v) is 9.94. The average Bonchev–Trinajstić information content (AvgIpc) is 2.84. The monoisotopic (exact) mass is 372 g/mol. The first-order valence-electron chi connectivity index (χ1n) is 9.94. The maximum absolute atomic E-state index is 4.83. The van der Waals surface area contributed by atoms with Gasteiger partial charge in [-0.2, -0.15) is 0 Å². The number of allylic oxidation sites excluding steroid dienone is 4. The number of pyridine rings is 1. The summed E-state index contributed by atoms with van der Waals surface area (Å²) >= 11 is 0. The van der Waals surface area contributed by atoms with Gasteiger partial charge in [0, 0.05) is 30.3 Å². The summed E-state index contributed by atoms with van der Waals surface area (Å²) in [4.78, 5) is 11.8. The van der Waals surface area contributed by atoms with E-state index in [0.717, 1.165) is 43.1 Å². The van der Waals surface area contributed by atoms with Crippen LogP contribution >= 0.6 is 0 Å². The number of hydrogen-bond donors (Lipinski definition) is 0. The second-order valence-corrected chi connectivity index (χ2v) is 7.70. The van der Waals surface area contributed by atoms with Gasteiger partial charge in [-0.3, -0.25) is 0 Å². The van der Waals surface area contributed by atoms with Crippen LogP contribution in [0.5, 0.6) is 0 Å². The maximum Gasteiger partial charge on any atom is 0.157 e. The summed E-state index contributed by atoms with van der Waals surface area (Å²) in [5.74, 6) is 1.03. The van der Waals surface area contributed by atoms with E-state index in [1.807, 2.05) is 12.3 Å². The predicted molar refractivity (Wildman–Crippen MR) is 118 cm³/mol. The lowest BCUT2D eigenvalue weighted by Gasteiger charge is -2.29. The number of para-hydroxylation sites is 1. The van der Waals surface area contributed by atoms with Crippen molar-refractivity contribution in [3.8, 4) is 0 Å². The lowest BCUT2D eigenvalue weighted by molar-refractivity contribution is 0.402. The van der Waals surface area contributed by atoms with Crippen LogP contribution in [0, 0.1) is 0 Å². The molecule has 0 radical (unpaired) electrons. The summed E-state index contributed by atoms with van der Waals surface area (Å²) in [6, 6.07) is 14.7. The molecule has 4 rings (SSSR count).